The molecule has 3 heteroatoms. The van der Waals surface area contributed by atoms with Crippen molar-refractivity contribution in [3.05, 3.63) is 0 Å². The molecule has 0 unspecified atom stereocenters. The minimum absolute atomic E-state index is 0.0216. The summed E-state index contributed by atoms with van der Waals surface area (Å²) in [5.74, 6) is 2.48. The Bertz CT molecular complexity index is 216. The molecule has 0 aromatic rings. The normalized spacial score (nSPS) is 12.6. The fraction of sp³-hybridized carbons (Fsp3) is 0.727. The minimum atomic E-state index is -0.276. The van der Waals surface area contributed by atoms with E-state index in [-0.39, 0.29) is 24.0 Å². The van der Waals surface area contributed by atoms with Gasteiger partial charge in [0.05, 0.1) is 6.04 Å². The zero-order valence-electron chi connectivity index (χ0n) is 9.42. The van der Waals surface area contributed by atoms with Gasteiger partial charge in [0.25, 0.3) is 0 Å². The molecule has 0 aromatic heterocycles. The Morgan fingerprint density at radius 3 is 2.21 bits per heavy atom. The molecule has 1 amide bonds. The summed E-state index contributed by atoms with van der Waals surface area (Å²) < 4.78 is 0. The van der Waals surface area contributed by atoms with Gasteiger partial charge in [-0.2, -0.15) is 0 Å². The lowest BCUT2D eigenvalue weighted by molar-refractivity contribution is -0.123. The van der Waals surface area contributed by atoms with Crippen LogP contribution in [0.15, 0.2) is 0 Å². The molecule has 0 spiro atoms. The zero-order chi connectivity index (χ0) is 11.1. The van der Waals surface area contributed by atoms with Crippen molar-refractivity contribution < 1.29 is 4.79 Å². The van der Waals surface area contributed by atoms with Crippen molar-refractivity contribution in [2.45, 2.75) is 52.2 Å². The van der Waals surface area contributed by atoms with Crippen molar-refractivity contribution in [1.29, 1.82) is 0 Å². The molecule has 0 saturated carbocycles. The molecule has 0 aliphatic heterocycles. The predicted octanol–water partition coefficient (Wildman–Crippen LogP) is 0.901. The number of hydrogen-bond donors (Lipinski definition) is 2. The Morgan fingerprint density at radius 2 is 1.86 bits per heavy atom. The Morgan fingerprint density at radius 1 is 1.29 bits per heavy atom. The van der Waals surface area contributed by atoms with Crippen LogP contribution in [-0.2, 0) is 4.79 Å². The van der Waals surface area contributed by atoms with Crippen LogP contribution in [0.25, 0.3) is 0 Å². The average Bonchev–Trinajstić information content (AvgIpc) is 2.01. The van der Waals surface area contributed by atoms with Crippen LogP contribution in [0.2, 0.25) is 0 Å². The molecule has 0 saturated heterocycles. The van der Waals surface area contributed by atoms with Crippen molar-refractivity contribution in [3.63, 3.8) is 0 Å². The first-order chi connectivity index (χ1) is 6.47. The number of carbonyl (C=O) groups excluding carboxylic acids is 1. The van der Waals surface area contributed by atoms with Crippen molar-refractivity contribution in [2.75, 3.05) is 0 Å². The Labute approximate surface area is 86.6 Å². The Hall–Kier alpha value is -1.01. The number of rotatable bonds is 5. The number of terminal acetylenes is 1. The second-order valence-electron chi connectivity index (χ2n) is 3.95. The highest BCUT2D eigenvalue weighted by molar-refractivity contribution is 5.82. The van der Waals surface area contributed by atoms with E-state index >= 15 is 0 Å². The maximum Gasteiger partial charge on any atom is 0.238 e. The highest BCUT2D eigenvalue weighted by Gasteiger charge is 2.18. The van der Waals surface area contributed by atoms with E-state index in [0.29, 0.717) is 6.42 Å². The summed E-state index contributed by atoms with van der Waals surface area (Å²) in [5, 5.41) is 5.97. The maximum absolute atomic E-state index is 11.6. The van der Waals surface area contributed by atoms with Crippen LogP contribution in [0.4, 0.5) is 0 Å². The molecule has 0 aromatic carbocycles. The zero-order valence-corrected chi connectivity index (χ0v) is 9.42. The third kappa shape index (κ3) is 5.60. The standard InChI is InChI=1S/C11H20N2O/c1-6-7-10(12-8(2)3)11(14)13-9(4)5/h1,8-10,12H,7H2,2-5H3,(H,13,14)/t10-/m0/s1. The molecule has 80 valence electrons. The van der Waals surface area contributed by atoms with Crippen molar-refractivity contribution >= 4 is 5.91 Å². The van der Waals surface area contributed by atoms with Gasteiger partial charge < -0.3 is 10.6 Å². The largest absolute Gasteiger partial charge is 0.353 e. The lowest BCUT2D eigenvalue weighted by Gasteiger charge is -2.20. The van der Waals surface area contributed by atoms with Gasteiger partial charge in [0.2, 0.25) is 5.91 Å². The van der Waals surface area contributed by atoms with E-state index in [1.807, 2.05) is 27.7 Å². The van der Waals surface area contributed by atoms with Crippen LogP contribution < -0.4 is 10.6 Å². The molecule has 0 bridgehead atoms. The van der Waals surface area contributed by atoms with Gasteiger partial charge in [-0.05, 0) is 13.8 Å². The van der Waals surface area contributed by atoms with E-state index < -0.39 is 0 Å². The molecule has 0 rings (SSSR count). The fourth-order valence-electron chi connectivity index (χ4n) is 1.13. The van der Waals surface area contributed by atoms with E-state index in [9.17, 15) is 4.79 Å². The molecule has 0 aliphatic rings. The van der Waals surface area contributed by atoms with Gasteiger partial charge in [0.15, 0.2) is 0 Å². The van der Waals surface area contributed by atoms with E-state index in [0.717, 1.165) is 0 Å². The molecule has 3 nitrogen and oxygen atoms in total. The molecular weight excluding hydrogens is 176 g/mol. The lowest BCUT2D eigenvalue weighted by Crippen LogP contribution is -2.48. The maximum atomic E-state index is 11.6. The van der Waals surface area contributed by atoms with Crippen LogP contribution in [0.3, 0.4) is 0 Å². The summed E-state index contributed by atoms with van der Waals surface area (Å²) in [6, 6.07) is 0.130. The third-order valence-corrected chi connectivity index (χ3v) is 1.60. The molecule has 0 fully saturated rings. The Balaban J connectivity index is 4.19. The van der Waals surface area contributed by atoms with Gasteiger partial charge in [-0.1, -0.05) is 13.8 Å². The fourth-order valence-corrected chi connectivity index (χ4v) is 1.13. The lowest BCUT2D eigenvalue weighted by atomic mass is 10.1. The Kier molecular flexibility index (Phi) is 5.98. The monoisotopic (exact) mass is 196 g/mol. The number of carbonyl (C=O) groups is 1. The molecule has 2 N–H and O–H groups in total. The van der Waals surface area contributed by atoms with Gasteiger partial charge in [0, 0.05) is 18.5 Å². The van der Waals surface area contributed by atoms with Gasteiger partial charge >= 0.3 is 0 Å². The number of amides is 1. The summed E-state index contributed by atoms with van der Waals surface area (Å²) in [7, 11) is 0. The van der Waals surface area contributed by atoms with Crippen molar-refractivity contribution in [2.24, 2.45) is 0 Å². The van der Waals surface area contributed by atoms with E-state index in [4.69, 9.17) is 6.42 Å². The minimum Gasteiger partial charge on any atom is -0.353 e. The van der Waals surface area contributed by atoms with Gasteiger partial charge in [-0.25, -0.2) is 0 Å². The molecule has 0 radical (unpaired) electrons. The molecular formula is C11H20N2O. The van der Waals surface area contributed by atoms with Crippen LogP contribution in [0, 0.1) is 12.3 Å². The first kappa shape index (κ1) is 13.0. The van der Waals surface area contributed by atoms with Gasteiger partial charge in [-0.3, -0.25) is 4.79 Å². The number of hydrogen-bond acceptors (Lipinski definition) is 2. The topological polar surface area (TPSA) is 41.1 Å². The molecule has 1 atom stereocenters. The predicted molar refractivity (Wildman–Crippen MR) is 58.8 cm³/mol. The summed E-state index contributed by atoms with van der Waals surface area (Å²) in [6.45, 7) is 7.85. The SMILES string of the molecule is C#CC[C@H](NC(C)C)C(=O)NC(C)C. The van der Waals surface area contributed by atoms with E-state index in [2.05, 4.69) is 16.6 Å². The summed E-state index contributed by atoms with van der Waals surface area (Å²) >= 11 is 0. The first-order valence-electron chi connectivity index (χ1n) is 4.97. The average molecular weight is 196 g/mol. The van der Waals surface area contributed by atoms with Crippen LogP contribution in [0.5, 0.6) is 0 Å². The number of nitrogens with one attached hydrogen (secondary N) is 2. The molecule has 0 aliphatic carbocycles. The summed E-state index contributed by atoms with van der Waals surface area (Å²) in [6.07, 6.45) is 5.63. The van der Waals surface area contributed by atoms with Crippen molar-refractivity contribution in [1.82, 2.24) is 10.6 Å². The van der Waals surface area contributed by atoms with Crippen LogP contribution >= 0.6 is 0 Å². The van der Waals surface area contributed by atoms with Crippen molar-refractivity contribution in [3.8, 4) is 12.3 Å². The smallest absolute Gasteiger partial charge is 0.238 e. The second kappa shape index (κ2) is 6.44. The summed E-state index contributed by atoms with van der Waals surface area (Å²) in [5.41, 5.74) is 0. The third-order valence-electron chi connectivity index (χ3n) is 1.60. The van der Waals surface area contributed by atoms with E-state index in [1.165, 1.54) is 0 Å². The van der Waals surface area contributed by atoms with E-state index in [1.54, 1.807) is 0 Å². The van der Waals surface area contributed by atoms with Gasteiger partial charge in [0.1, 0.15) is 0 Å². The van der Waals surface area contributed by atoms with Crippen LogP contribution in [0.1, 0.15) is 34.1 Å². The second-order valence-corrected chi connectivity index (χ2v) is 3.95. The highest BCUT2D eigenvalue weighted by Crippen LogP contribution is 1.94. The first-order valence-corrected chi connectivity index (χ1v) is 4.97. The quantitative estimate of drug-likeness (QED) is 0.641. The summed E-state index contributed by atoms with van der Waals surface area (Å²) in [4.78, 5) is 11.6. The van der Waals surface area contributed by atoms with Crippen LogP contribution in [-0.4, -0.2) is 24.0 Å². The molecule has 0 heterocycles. The van der Waals surface area contributed by atoms with Gasteiger partial charge in [-0.15, -0.1) is 12.3 Å². The highest BCUT2D eigenvalue weighted by atomic mass is 16.2. The molecule has 14 heavy (non-hydrogen) atoms.